The summed E-state index contributed by atoms with van der Waals surface area (Å²) in [7, 11) is 1.40. The van der Waals surface area contributed by atoms with Crippen LogP contribution in [0.15, 0.2) is 59.5 Å². The molecule has 198 valence electrons. The van der Waals surface area contributed by atoms with E-state index >= 15 is 0 Å². The van der Waals surface area contributed by atoms with Crippen LogP contribution in [0, 0.1) is 12.7 Å². The maximum absolute atomic E-state index is 14.5. The third kappa shape index (κ3) is 4.82. The quantitative estimate of drug-likeness (QED) is 0.313. The lowest BCUT2D eigenvalue weighted by molar-refractivity contribution is -0.138. The molecule has 10 heteroatoms. The lowest BCUT2D eigenvalue weighted by Crippen LogP contribution is -2.36. The van der Waals surface area contributed by atoms with Crippen molar-refractivity contribution in [3.05, 3.63) is 93.2 Å². The molecule has 0 saturated carbocycles. The number of fused-ring (bicyclic) bond motifs is 1. The van der Waals surface area contributed by atoms with Gasteiger partial charge in [-0.2, -0.15) is 18.2 Å². The number of methoxy groups -OCH3 is 1. The number of para-hydroxylation sites is 1. The van der Waals surface area contributed by atoms with E-state index in [1.807, 2.05) is 17.9 Å². The van der Waals surface area contributed by atoms with Gasteiger partial charge >= 0.3 is 6.18 Å². The first kappa shape index (κ1) is 25.7. The molecule has 0 spiro atoms. The first-order chi connectivity index (χ1) is 18.2. The second kappa shape index (κ2) is 10.1. The smallest absolute Gasteiger partial charge is 0.416 e. The first-order valence-corrected chi connectivity index (χ1v) is 12.3. The zero-order valence-electron chi connectivity index (χ0n) is 20.9. The number of aromatic nitrogens is 3. The van der Waals surface area contributed by atoms with E-state index in [0.717, 1.165) is 11.6 Å². The molecule has 0 aliphatic carbocycles. The van der Waals surface area contributed by atoms with Gasteiger partial charge < -0.3 is 9.64 Å². The molecule has 0 radical (unpaired) electrons. The van der Waals surface area contributed by atoms with Crippen molar-refractivity contribution in [1.29, 1.82) is 0 Å². The molecule has 1 saturated heterocycles. The van der Waals surface area contributed by atoms with Crippen LogP contribution in [-0.4, -0.2) is 34.7 Å². The van der Waals surface area contributed by atoms with Crippen molar-refractivity contribution in [1.82, 2.24) is 14.5 Å². The van der Waals surface area contributed by atoms with Crippen LogP contribution in [-0.2, 0) is 12.7 Å². The molecule has 38 heavy (non-hydrogen) atoms. The van der Waals surface area contributed by atoms with Crippen molar-refractivity contribution in [2.75, 3.05) is 25.1 Å². The second-order valence-corrected chi connectivity index (χ2v) is 9.43. The van der Waals surface area contributed by atoms with E-state index in [0.29, 0.717) is 42.7 Å². The molecule has 5 rings (SSSR count). The fraction of sp³-hybridized carbons (Fsp3) is 0.321. The Morgan fingerprint density at radius 3 is 2.50 bits per heavy atom. The topological polar surface area (TPSA) is 60.2 Å². The van der Waals surface area contributed by atoms with Gasteiger partial charge in [-0.25, -0.2) is 9.37 Å². The van der Waals surface area contributed by atoms with Gasteiger partial charge in [-0.1, -0.05) is 30.3 Å². The summed E-state index contributed by atoms with van der Waals surface area (Å²) in [6, 6.07) is 11.8. The Bertz CT molecular complexity index is 1520. The first-order valence-electron chi connectivity index (χ1n) is 12.3. The van der Waals surface area contributed by atoms with Crippen molar-refractivity contribution < 1.29 is 22.3 Å². The van der Waals surface area contributed by atoms with Crippen LogP contribution in [0.1, 0.15) is 41.0 Å². The maximum Gasteiger partial charge on any atom is 0.416 e. The van der Waals surface area contributed by atoms with Gasteiger partial charge in [0.15, 0.2) is 5.65 Å². The molecule has 2 aromatic heterocycles. The molecule has 0 unspecified atom stereocenters. The number of ether oxygens (including phenoxy) is 1. The summed E-state index contributed by atoms with van der Waals surface area (Å²) in [5, 5.41) is 0. The zero-order valence-corrected chi connectivity index (χ0v) is 20.9. The van der Waals surface area contributed by atoms with Gasteiger partial charge in [0.2, 0.25) is 5.88 Å². The lowest BCUT2D eigenvalue weighted by Gasteiger charge is -2.34. The van der Waals surface area contributed by atoms with Crippen molar-refractivity contribution in [2.24, 2.45) is 0 Å². The molecular formula is C28H26F4N4O2. The zero-order chi connectivity index (χ0) is 27.0. The number of hydrogen-bond acceptors (Lipinski definition) is 5. The second-order valence-electron chi connectivity index (χ2n) is 9.43. The van der Waals surface area contributed by atoms with E-state index in [9.17, 15) is 22.4 Å². The number of hydrogen-bond donors (Lipinski definition) is 0. The van der Waals surface area contributed by atoms with Gasteiger partial charge in [0.05, 0.1) is 31.1 Å². The Kier molecular flexibility index (Phi) is 6.81. The van der Waals surface area contributed by atoms with Gasteiger partial charge in [0.25, 0.3) is 5.56 Å². The predicted octanol–water partition coefficient (Wildman–Crippen LogP) is 5.70. The normalized spacial score (nSPS) is 14.7. The molecule has 6 nitrogen and oxygen atoms in total. The van der Waals surface area contributed by atoms with E-state index in [4.69, 9.17) is 4.74 Å². The molecule has 0 atom stereocenters. The van der Waals surface area contributed by atoms with Gasteiger partial charge in [0, 0.05) is 18.7 Å². The summed E-state index contributed by atoms with van der Waals surface area (Å²) < 4.78 is 62.1. The lowest BCUT2D eigenvalue weighted by atomic mass is 9.89. The summed E-state index contributed by atoms with van der Waals surface area (Å²) >= 11 is 0. The van der Waals surface area contributed by atoms with Crippen LogP contribution in [0.4, 0.5) is 23.2 Å². The number of benzene rings is 2. The predicted molar refractivity (Wildman–Crippen MR) is 136 cm³/mol. The van der Waals surface area contributed by atoms with E-state index < -0.39 is 17.3 Å². The number of rotatable bonds is 5. The van der Waals surface area contributed by atoms with Crippen LogP contribution in [0.5, 0.6) is 5.88 Å². The Labute approximate surface area is 216 Å². The fourth-order valence-electron chi connectivity index (χ4n) is 5.21. The van der Waals surface area contributed by atoms with Gasteiger partial charge in [-0.15, -0.1) is 0 Å². The van der Waals surface area contributed by atoms with Gasteiger partial charge in [-0.05, 0) is 55.0 Å². The number of halogens is 4. The maximum atomic E-state index is 14.5. The van der Waals surface area contributed by atoms with E-state index in [1.54, 1.807) is 12.1 Å². The highest BCUT2D eigenvalue weighted by Gasteiger charge is 2.33. The summed E-state index contributed by atoms with van der Waals surface area (Å²) in [5.74, 6) is -0.302. The minimum atomic E-state index is -4.57. The molecule has 0 amide bonds. The van der Waals surface area contributed by atoms with Crippen LogP contribution in [0.25, 0.3) is 11.2 Å². The number of anilines is 1. The van der Waals surface area contributed by atoms with E-state index in [1.165, 1.54) is 42.1 Å². The molecule has 0 N–H and O–H groups in total. The van der Waals surface area contributed by atoms with Crippen LogP contribution >= 0.6 is 0 Å². The highest BCUT2D eigenvalue weighted by molar-refractivity contribution is 5.72. The van der Waals surface area contributed by atoms with Crippen molar-refractivity contribution in [3.63, 3.8) is 0 Å². The Morgan fingerprint density at radius 1 is 1.08 bits per heavy atom. The Hall–Kier alpha value is -3.95. The Morgan fingerprint density at radius 2 is 1.82 bits per heavy atom. The largest absolute Gasteiger partial charge is 0.480 e. The highest BCUT2D eigenvalue weighted by atomic mass is 19.4. The van der Waals surface area contributed by atoms with E-state index in [2.05, 4.69) is 9.97 Å². The number of piperidine rings is 1. The fourth-order valence-corrected chi connectivity index (χ4v) is 5.21. The van der Waals surface area contributed by atoms with Crippen LogP contribution in [0.3, 0.4) is 0 Å². The average molecular weight is 527 g/mol. The SMILES string of the molecule is COc1cnc2cc(C3CCN(c4c(C)cccc4F)CC3)c(=O)n(Cc3ccccc3C(F)(F)F)c2n1. The molecule has 1 aliphatic rings. The van der Waals surface area contributed by atoms with Crippen LogP contribution in [0.2, 0.25) is 0 Å². The van der Waals surface area contributed by atoms with Gasteiger partial charge in [-0.3, -0.25) is 9.36 Å². The van der Waals surface area contributed by atoms with Crippen molar-refractivity contribution in [2.45, 2.75) is 38.4 Å². The molecule has 3 heterocycles. The molecule has 4 aromatic rings. The van der Waals surface area contributed by atoms with Crippen molar-refractivity contribution >= 4 is 16.9 Å². The minimum absolute atomic E-state index is 0.0463. The van der Waals surface area contributed by atoms with Gasteiger partial charge in [0.1, 0.15) is 11.3 Å². The molecular weight excluding hydrogens is 500 g/mol. The van der Waals surface area contributed by atoms with Crippen molar-refractivity contribution in [3.8, 4) is 5.88 Å². The number of aryl methyl sites for hydroxylation is 1. The summed E-state index contributed by atoms with van der Waals surface area (Å²) in [5.41, 5.74) is 1.12. The van der Waals surface area contributed by atoms with E-state index in [-0.39, 0.29) is 35.4 Å². The monoisotopic (exact) mass is 526 g/mol. The summed E-state index contributed by atoms with van der Waals surface area (Å²) in [6.07, 6.45) is -2.00. The highest BCUT2D eigenvalue weighted by Crippen LogP contribution is 2.34. The summed E-state index contributed by atoms with van der Waals surface area (Å²) in [6.45, 7) is 2.61. The minimum Gasteiger partial charge on any atom is -0.480 e. The van der Waals surface area contributed by atoms with Crippen LogP contribution < -0.4 is 15.2 Å². The number of nitrogens with zero attached hydrogens (tertiary/aromatic N) is 4. The molecule has 1 fully saturated rings. The molecule has 1 aliphatic heterocycles. The molecule has 0 bridgehead atoms. The third-order valence-electron chi connectivity index (χ3n) is 7.10. The molecule has 2 aromatic carbocycles. The Balaban J connectivity index is 1.54. The number of alkyl halides is 3. The summed E-state index contributed by atoms with van der Waals surface area (Å²) in [4.78, 5) is 24.5. The standard InChI is InChI=1S/C28H26F4N4O2/c1-17-6-5-9-22(29)25(17)35-12-10-18(11-13-35)20-14-23-26(34-24(38-2)15-33-23)36(27(20)37)16-19-7-3-4-8-21(19)28(30,31)32/h3-9,14-15,18H,10-13,16H2,1-2H3. The third-order valence-corrected chi connectivity index (χ3v) is 7.10. The number of pyridine rings is 1. The average Bonchev–Trinajstić information content (AvgIpc) is 2.90.